The zero-order valence-corrected chi connectivity index (χ0v) is 11.1. The van der Waals surface area contributed by atoms with E-state index >= 15 is 0 Å². The van der Waals surface area contributed by atoms with Gasteiger partial charge in [-0.15, -0.1) is 0 Å². The lowest BCUT2D eigenvalue weighted by atomic mass is 10.2. The van der Waals surface area contributed by atoms with E-state index in [1.165, 1.54) is 0 Å². The van der Waals surface area contributed by atoms with Crippen molar-refractivity contribution in [3.05, 3.63) is 18.3 Å². The second-order valence-electron chi connectivity index (χ2n) is 4.73. The molecule has 2 heterocycles. The van der Waals surface area contributed by atoms with Crippen LogP contribution in [0.3, 0.4) is 0 Å². The van der Waals surface area contributed by atoms with Crippen LogP contribution in [-0.2, 0) is 9.53 Å². The predicted molar refractivity (Wildman–Crippen MR) is 74.0 cm³/mol. The average molecular weight is 264 g/mol. The highest BCUT2D eigenvalue weighted by molar-refractivity contribution is 5.93. The number of amides is 1. The molecule has 0 saturated carbocycles. The van der Waals surface area contributed by atoms with Gasteiger partial charge in [-0.3, -0.25) is 4.79 Å². The predicted octanol–water partition coefficient (Wildman–Crippen LogP) is 0.958. The minimum Gasteiger partial charge on any atom is -0.381 e. The van der Waals surface area contributed by atoms with E-state index in [9.17, 15) is 4.79 Å². The highest BCUT2D eigenvalue weighted by atomic mass is 16.5. The zero-order chi connectivity index (χ0) is 13.7. The maximum Gasteiger partial charge on any atom is 0.242 e. The van der Waals surface area contributed by atoms with Crippen LogP contribution in [0.25, 0.3) is 0 Å². The first-order chi connectivity index (χ1) is 9.15. The molecule has 1 aliphatic rings. The van der Waals surface area contributed by atoms with Crippen LogP contribution in [0.5, 0.6) is 0 Å². The molecule has 1 aliphatic heterocycles. The largest absolute Gasteiger partial charge is 0.381 e. The number of anilines is 2. The van der Waals surface area contributed by atoms with Crippen LogP contribution >= 0.6 is 0 Å². The van der Waals surface area contributed by atoms with Crippen LogP contribution in [0, 0.1) is 0 Å². The van der Waals surface area contributed by atoms with E-state index < -0.39 is 6.04 Å². The second-order valence-corrected chi connectivity index (χ2v) is 4.73. The van der Waals surface area contributed by atoms with E-state index in [1.54, 1.807) is 19.2 Å². The van der Waals surface area contributed by atoms with Gasteiger partial charge in [-0.1, -0.05) is 0 Å². The molecule has 1 aromatic heterocycles. The normalized spacial score (nSPS) is 20.0. The second kappa shape index (κ2) is 6.49. The molecule has 1 amide bonds. The number of nitrogens with two attached hydrogens (primary N) is 1. The highest BCUT2D eigenvalue weighted by Gasteiger charge is 2.14. The lowest BCUT2D eigenvalue weighted by molar-refractivity contribution is -0.117. The molecule has 2 unspecified atom stereocenters. The Morgan fingerprint density at radius 2 is 2.47 bits per heavy atom. The Labute approximate surface area is 112 Å². The summed E-state index contributed by atoms with van der Waals surface area (Å²) in [7, 11) is 0. The summed E-state index contributed by atoms with van der Waals surface area (Å²) in [6, 6.07) is 3.08. The van der Waals surface area contributed by atoms with Crippen molar-refractivity contribution in [1.29, 1.82) is 0 Å². The summed E-state index contributed by atoms with van der Waals surface area (Å²) < 4.78 is 5.52. The Hall–Kier alpha value is -1.66. The van der Waals surface area contributed by atoms with Crippen LogP contribution < -0.4 is 16.4 Å². The fourth-order valence-electron chi connectivity index (χ4n) is 1.85. The first-order valence-electron chi connectivity index (χ1n) is 6.53. The smallest absolute Gasteiger partial charge is 0.242 e. The number of aromatic nitrogens is 1. The van der Waals surface area contributed by atoms with E-state index in [4.69, 9.17) is 10.5 Å². The Morgan fingerprint density at radius 1 is 1.63 bits per heavy atom. The van der Waals surface area contributed by atoms with Gasteiger partial charge in [0, 0.05) is 13.2 Å². The van der Waals surface area contributed by atoms with Crippen molar-refractivity contribution in [2.24, 2.45) is 5.73 Å². The van der Waals surface area contributed by atoms with E-state index in [0.29, 0.717) is 5.82 Å². The molecule has 0 aliphatic carbocycles. The van der Waals surface area contributed by atoms with Gasteiger partial charge in [0.05, 0.1) is 24.0 Å². The molecule has 2 atom stereocenters. The molecule has 19 heavy (non-hydrogen) atoms. The maximum atomic E-state index is 11.4. The minimum atomic E-state index is -0.542. The minimum absolute atomic E-state index is 0.243. The van der Waals surface area contributed by atoms with Crippen LogP contribution in [0.15, 0.2) is 18.3 Å². The summed E-state index contributed by atoms with van der Waals surface area (Å²) in [5.41, 5.74) is 6.38. The number of carbonyl (C=O) groups is 1. The molecule has 1 fully saturated rings. The van der Waals surface area contributed by atoms with Crippen molar-refractivity contribution < 1.29 is 9.53 Å². The molecular formula is C13H20N4O2. The summed E-state index contributed by atoms with van der Waals surface area (Å²) >= 11 is 0. The van der Waals surface area contributed by atoms with Gasteiger partial charge in [-0.2, -0.15) is 0 Å². The SMILES string of the molecule is CC(N)C(=O)Nc1ccc(NCC2CCCO2)cn1. The number of ether oxygens (including phenoxy) is 1. The molecule has 6 heteroatoms. The van der Waals surface area contributed by atoms with Crippen molar-refractivity contribution in [1.82, 2.24) is 4.98 Å². The first kappa shape index (κ1) is 13.8. The lowest BCUT2D eigenvalue weighted by Gasteiger charge is -2.12. The summed E-state index contributed by atoms with van der Waals surface area (Å²) in [6.45, 7) is 3.27. The van der Waals surface area contributed by atoms with E-state index in [1.807, 2.05) is 6.07 Å². The number of nitrogens with zero attached hydrogens (tertiary/aromatic N) is 1. The molecule has 1 saturated heterocycles. The fourth-order valence-corrected chi connectivity index (χ4v) is 1.85. The number of rotatable bonds is 5. The summed E-state index contributed by atoms with van der Waals surface area (Å²) in [5.74, 6) is 0.262. The van der Waals surface area contributed by atoms with E-state index in [0.717, 1.165) is 31.7 Å². The molecule has 1 aromatic rings. The molecule has 0 aromatic carbocycles. The number of carbonyl (C=O) groups excluding carboxylic acids is 1. The highest BCUT2D eigenvalue weighted by Crippen LogP contribution is 2.14. The van der Waals surface area contributed by atoms with Crippen molar-refractivity contribution in [2.75, 3.05) is 23.8 Å². The Balaban J connectivity index is 1.82. The molecule has 0 spiro atoms. The fraction of sp³-hybridized carbons (Fsp3) is 0.538. The van der Waals surface area contributed by atoms with Crippen LogP contribution in [0.1, 0.15) is 19.8 Å². The Kier molecular flexibility index (Phi) is 4.70. The number of hydrogen-bond donors (Lipinski definition) is 3. The standard InChI is InChI=1S/C13H20N4O2/c1-9(14)13(18)17-12-5-4-10(7-16-12)15-8-11-3-2-6-19-11/h4-5,7,9,11,15H,2-3,6,8,14H2,1H3,(H,16,17,18). The lowest BCUT2D eigenvalue weighted by Crippen LogP contribution is -2.32. The molecule has 104 valence electrons. The number of nitrogens with one attached hydrogen (secondary N) is 2. The average Bonchev–Trinajstić information content (AvgIpc) is 2.91. The quantitative estimate of drug-likeness (QED) is 0.737. The van der Waals surface area contributed by atoms with E-state index in [2.05, 4.69) is 15.6 Å². The van der Waals surface area contributed by atoms with Gasteiger partial charge in [0.1, 0.15) is 5.82 Å². The van der Waals surface area contributed by atoms with Gasteiger partial charge in [0.25, 0.3) is 0 Å². The molecule has 0 bridgehead atoms. The monoisotopic (exact) mass is 264 g/mol. The van der Waals surface area contributed by atoms with Crippen LogP contribution in [-0.4, -0.2) is 36.2 Å². The van der Waals surface area contributed by atoms with Crippen molar-refractivity contribution in [3.8, 4) is 0 Å². The van der Waals surface area contributed by atoms with Crippen molar-refractivity contribution >= 4 is 17.4 Å². The summed E-state index contributed by atoms with van der Waals surface area (Å²) in [4.78, 5) is 15.5. The van der Waals surface area contributed by atoms with Gasteiger partial charge in [-0.25, -0.2) is 4.98 Å². The van der Waals surface area contributed by atoms with Gasteiger partial charge in [0.15, 0.2) is 0 Å². The molecule has 4 N–H and O–H groups in total. The summed E-state index contributed by atoms with van der Waals surface area (Å²) in [5, 5.41) is 5.90. The van der Waals surface area contributed by atoms with Gasteiger partial charge in [-0.05, 0) is 31.9 Å². The van der Waals surface area contributed by atoms with E-state index in [-0.39, 0.29) is 12.0 Å². The molecule has 6 nitrogen and oxygen atoms in total. The third kappa shape index (κ3) is 4.18. The van der Waals surface area contributed by atoms with Gasteiger partial charge >= 0.3 is 0 Å². The van der Waals surface area contributed by atoms with Crippen molar-refractivity contribution in [3.63, 3.8) is 0 Å². The maximum absolute atomic E-state index is 11.4. The van der Waals surface area contributed by atoms with Gasteiger partial charge in [0.2, 0.25) is 5.91 Å². The number of hydrogen-bond acceptors (Lipinski definition) is 5. The topological polar surface area (TPSA) is 89.3 Å². The number of pyridine rings is 1. The Bertz CT molecular complexity index is 413. The first-order valence-corrected chi connectivity index (χ1v) is 6.53. The van der Waals surface area contributed by atoms with Crippen molar-refractivity contribution in [2.45, 2.75) is 31.9 Å². The summed E-state index contributed by atoms with van der Waals surface area (Å²) in [6.07, 6.45) is 4.21. The Morgan fingerprint density at radius 3 is 3.05 bits per heavy atom. The molecule has 2 rings (SSSR count). The molecule has 0 radical (unpaired) electrons. The van der Waals surface area contributed by atoms with Crippen LogP contribution in [0.2, 0.25) is 0 Å². The zero-order valence-electron chi connectivity index (χ0n) is 11.1. The molecular weight excluding hydrogens is 244 g/mol. The third-order valence-corrected chi connectivity index (χ3v) is 2.99. The van der Waals surface area contributed by atoms with Gasteiger partial charge < -0.3 is 21.1 Å². The van der Waals surface area contributed by atoms with Crippen LogP contribution in [0.4, 0.5) is 11.5 Å². The third-order valence-electron chi connectivity index (χ3n) is 2.99.